The van der Waals surface area contributed by atoms with Crippen LogP contribution in [0.5, 0.6) is 0 Å². The largest absolute Gasteiger partial charge is 0.416 e. The Kier molecular flexibility index (Phi) is 5.38. The molecular formula is C12H19F3N2O3. The van der Waals surface area contributed by atoms with E-state index in [1.807, 2.05) is 0 Å². The summed E-state index contributed by atoms with van der Waals surface area (Å²) in [7, 11) is 0. The van der Waals surface area contributed by atoms with Crippen LogP contribution in [-0.2, 0) is 9.59 Å². The Bertz CT molecular complexity index is 371. The molecule has 1 saturated heterocycles. The van der Waals surface area contributed by atoms with Gasteiger partial charge in [0.15, 0.2) is 6.10 Å². The number of nitrogens with one attached hydrogen (secondary N) is 1. The lowest BCUT2D eigenvalue weighted by Crippen LogP contribution is -2.52. The summed E-state index contributed by atoms with van der Waals surface area (Å²) in [4.78, 5) is 25.0. The Hall–Kier alpha value is -1.31. The third kappa shape index (κ3) is 4.09. The van der Waals surface area contributed by atoms with Crippen LogP contribution >= 0.6 is 0 Å². The van der Waals surface area contributed by atoms with Crippen LogP contribution in [0, 0.1) is 5.92 Å². The van der Waals surface area contributed by atoms with Crippen LogP contribution < -0.4 is 5.32 Å². The van der Waals surface area contributed by atoms with E-state index in [-0.39, 0.29) is 11.8 Å². The van der Waals surface area contributed by atoms with Crippen LogP contribution in [0.2, 0.25) is 0 Å². The molecule has 0 aromatic rings. The van der Waals surface area contributed by atoms with E-state index in [1.165, 1.54) is 4.90 Å². The second-order valence-electron chi connectivity index (χ2n) is 5.18. The summed E-state index contributed by atoms with van der Waals surface area (Å²) >= 11 is 0. The van der Waals surface area contributed by atoms with Gasteiger partial charge in [-0.05, 0) is 12.3 Å². The van der Waals surface area contributed by atoms with Gasteiger partial charge in [0.25, 0.3) is 0 Å². The first kappa shape index (κ1) is 16.7. The number of hydrogen-bond donors (Lipinski definition) is 2. The minimum absolute atomic E-state index is 0.171. The molecule has 1 fully saturated rings. The topological polar surface area (TPSA) is 69.6 Å². The molecule has 8 heteroatoms. The van der Waals surface area contributed by atoms with Gasteiger partial charge in [-0.3, -0.25) is 9.59 Å². The highest BCUT2D eigenvalue weighted by molar-refractivity contribution is 5.88. The predicted octanol–water partition coefficient (Wildman–Crippen LogP) is 0.673. The monoisotopic (exact) mass is 296 g/mol. The molecule has 0 aromatic heterocycles. The molecule has 2 N–H and O–H groups in total. The van der Waals surface area contributed by atoms with Gasteiger partial charge in [-0.15, -0.1) is 0 Å². The maximum atomic E-state index is 12.2. The van der Waals surface area contributed by atoms with E-state index < -0.39 is 30.8 Å². The molecule has 116 valence electrons. The predicted molar refractivity (Wildman–Crippen MR) is 64.6 cm³/mol. The minimum Gasteiger partial charge on any atom is -0.382 e. The Morgan fingerprint density at radius 2 is 2.05 bits per heavy atom. The number of aliphatic hydroxyl groups excluding tert-OH is 1. The Balaban J connectivity index is 2.64. The van der Waals surface area contributed by atoms with E-state index in [9.17, 15) is 22.8 Å². The number of amides is 2. The van der Waals surface area contributed by atoms with Crippen molar-refractivity contribution in [2.75, 3.05) is 13.1 Å². The average molecular weight is 296 g/mol. The number of hydrogen-bond acceptors (Lipinski definition) is 3. The summed E-state index contributed by atoms with van der Waals surface area (Å²) in [5.74, 6) is -1.06. The lowest BCUT2D eigenvalue weighted by molar-refractivity contribution is -0.202. The number of likely N-dealkylation sites (tertiary alicyclic amines) is 1. The summed E-state index contributed by atoms with van der Waals surface area (Å²) in [6.45, 7) is 2.95. The summed E-state index contributed by atoms with van der Waals surface area (Å²) in [5.41, 5.74) is 0. The maximum Gasteiger partial charge on any atom is 0.416 e. The van der Waals surface area contributed by atoms with Gasteiger partial charge >= 0.3 is 6.18 Å². The van der Waals surface area contributed by atoms with Crippen molar-refractivity contribution in [3.8, 4) is 0 Å². The molecule has 1 heterocycles. The second-order valence-corrected chi connectivity index (χ2v) is 5.18. The first-order chi connectivity index (χ1) is 9.14. The summed E-state index contributed by atoms with van der Waals surface area (Å²) < 4.78 is 36.5. The number of nitrogens with zero attached hydrogens (tertiary/aromatic N) is 1. The van der Waals surface area contributed by atoms with Gasteiger partial charge in [0.2, 0.25) is 11.8 Å². The second kappa shape index (κ2) is 6.43. The molecule has 5 nitrogen and oxygen atoms in total. The van der Waals surface area contributed by atoms with Crippen molar-refractivity contribution in [1.29, 1.82) is 0 Å². The highest BCUT2D eigenvalue weighted by Gasteiger charge is 2.40. The average Bonchev–Trinajstić information content (AvgIpc) is 2.71. The van der Waals surface area contributed by atoms with Crippen molar-refractivity contribution >= 4 is 11.8 Å². The molecule has 0 aliphatic carbocycles. The van der Waals surface area contributed by atoms with Crippen LogP contribution in [0.1, 0.15) is 26.7 Å². The van der Waals surface area contributed by atoms with Gasteiger partial charge in [0, 0.05) is 13.0 Å². The molecule has 0 bridgehead atoms. The van der Waals surface area contributed by atoms with E-state index in [2.05, 4.69) is 5.32 Å². The molecule has 0 saturated carbocycles. The Labute approximate surface area is 115 Å². The highest BCUT2D eigenvalue weighted by atomic mass is 19.4. The van der Waals surface area contributed by atoms with Crippen LogP contribution in [0.15, 0.2) is 0 Å². The van der Waals surface area contributed by atoms with Gasteiger partial charge < -0.3 is 15.3 Å². The standard InChI is InChI=1S/C12H19F3N2O3/c1-7(2)10(17-5-3-4-9(17)19)11(20)16-6-8(18)12(13,14)15/h7-8,10,18H,3-6H2,1-2H3,(H,16,20)/t8-,10-/m1/s1. The van der Waals surface area contributed by atoms with Crippen LogP contribution in [-0.4, -0.2) is 53.2 Å². The first-order valence-corrected chi connectivity index (χ1v) is 6.46. The highest BCUT2D eigenvalue weighted by Crippen LogP contribution is 2.21. The quantitative estimate of drug-likeness (QED) is 0.783. The van der Waals surface area contributed by atoms with Crippen molar-refractivity contribution < 1.29 is 27.9 Å². The van der Waals surface area contributed by atoms with Crippen LogP contribution in [0.3, 0.4) is 0 Å². The minimum atomic E-state index is -4.77. The summed E-state index contributed by atoms with van der Waals surface area (Å²) in [6, 6.07) is -0.801. The zero-order valence-electron chi connectivity index (χ0n) is 11.4. The maximum absolute atomic E-state index is 12.2. The number of alkyl halides is 3. The third-order valence-corrected chi connectivity index (χ3v) is 3.19. The van der Waals surface area contributed by atoms with Crippen molar-refractivity contribution in [2.45, 2.75) is 45.0 Å². The Morgan fingerprint density at radius 1 is 1.45 bits per heavy atom. The lowest BCUT2D eigenvalue weighted by Gasteiger charge is -2.30. The van der Waals surface area contributed by atoms with Crippen molar-refractivity contribution in [2.24, 2.45) is 5.92 Å². The number of halogens is 3. The summed E-state index contributed by atoms with van der Waals surface area (Å²) in [5, 5.41) is 10.9. The lowest BCUT2D eigenvalue weighted by atomic mass is 10.0. The van der Waals surface area contributed by atoms with E-state index in [1.54, 1.807) is 13.8 Å². The zero-order chi connectivity index (χ0) is 15.5. The van der Waals surface area contributed by atoms with Gasteiger partial charge in [-0.25, -0.2) is 0 Å². The smallest absolute Gasteiger partial charge is 0.382 e. The molecule has 0 unspecified atom stereocenters. The van der Waals surface area contributed by atoms with Gasteiger partial charge in [-0.2, -0.15) is 13.2 Å². The first-order valence-electron chi connectivity index (χ1n) is 6.46. The van der Waals surface area contributed by atoms with Crippen molar-refractivity contribution in [1.82, 2.24) is 10.2 Å². The zero-order valence-corrected chi connectivity index (χ0v) is 11.4. The number of rotatable bonds is 5. The molecule has 2 amide bonds. The molecule has 0 aromatic carbocycles. The Morgan fingerprint density at radius 3 is 2.45 bits per heavy atom. The molecule has 1 aliphatic rings. The molecule has 0 radical (unpaired) electrons. The van der Waals surface area contributed by atoms with E-state index in [4.69, 9.17) is 5.11 Å². The molecule has 1 rings (SSSR count). The van der Waals surface area contributed by atoms with Crippen LogP contribution in [0.4, 0.5) is 13.2 Å². The number of carbonyl (C=O) groups is 2. The van der Waals surface area contributed by atoms with E-state index in [0.717, 1.165) is 0 Å². The van der Waals surface area contributed by atoms with Crippen molar-refractivity contribution in [3.05, 3.63) is 0 Å². The SMILES string of the molecule is CC(C)[C@H](C(=O)NC[C@@H](O)C(F)(F)F)N1CCCC1=O. The molecule has 0 spiro atoms. The number of aliphatic hydroxyl groups is 1. The van der Waals surface area contributed by atoms with Gasteiger partial charge in [-0.1, -0.05) is 13.8 Å². The van der Waals surface area contributed by atoms with Gasteiger partial charge in [0.05, 0.1) is 6.54 Å². The number of carbonyl (C=O) groups excluding carboxylic acids is 2. The van der Waals surface area contributed by atoms with E-state index in [0.29, 0.717) is 19.4 Å². The van der Waals surface area contributed by atoms with Crippen LogP contribution in [0.25, 0.3) is 0 Å². The fourth-order valence-electron chi connectivity index (χ4n) is 2.18. The fraction of sp³-hybridized carbons (Fsp3) is 0.833. The summed E-state index contributed by atoms with van der Waals surface area (Å²) in [6.07, 6.45) is -6.39. The molecule has 2 atom stereocenters. The van der Waals surface area contributed by atoms with Gasteiger partial charge in [0.1, 0.15) is 6.04 Å². The fourth-order valence-corrected chi connectivity index (χ4v) is 2.18. The van der Waals surface area contributed by atoms with E-state index >= 15 is 0 Å². The normalized spacial score (nSPS) is 19.4. The molecule has 1 aliphatic heterocycles. The van der Waals surface area contributed by atoms with Crippen molar-refractivity contribution in [3.63, 3.8) is 0 Å². The molecule has 20 heavy (non-hydrogen) atoms. The third-order valence-electron chi connectivity index (χ3n) is 3.19. The molecular weight excluding hydrogens is 277 g/mol.